The molecule has 2 aromatic rings. The van der Waals surface area contributed by atoms with Crippen LogP contribution in [-0.4, -0.2) is 37.0 Å². The van der Waals surface area contributed by atoms with Crippen molar-refractivity contribution in [3.63, 3.8) is 0 Å². The van der Waals surface area contributed by atoms with Crippen LogP contribution in [0.5, 0.6) is 11.5 Å². The topological polar surface area (TPSA) is 55.8 Å². The highest BCUT2D eigenvalue weighted by molar-refractivity contribution is 5.94. The standard InChI is InChI=1S/C21H25NO4/c1-16(2)15-22(13-12-20(23)25-3)21(24)17-8-7-11-19(14-17)26-18-9-5-4-6-10-18/h4-11,14,16H,12-13,15H2,1-3H3. The molecule has 5 nitrogen and oxygen atoms in total. The van der Waals surface area contributed by atoms with Crippen LogP contribution < -0.4 is 4.74 Å². The predicted octanol–water partition coefficient (Wildman–Crippen LogP) is 4.14. The molecule has 26 heavy (non-hydrogen) atoms. The Kier molecular flexibility index (Phi) is 7.21. The number of rotatable bonds is 8. The van der Waals surface area contributed by atoms with Crippen molar-refractivity contribution in [1.82, 2.24) is 4.90 Å². The van der Waals surface area contributed by atoms with Gasteiger partial charge in [0.05, 0.1) is 13.5 Å². The van der Waals surface area contributed by atoms with Crippen LogP contribution in [-0.2, 0) is 9.53 Å². The van der Waals surface area contributed by atoms with E-state index in [0.717, 1.165) is 0 Å². The van der Waals surface area contributed by atoms with Crippen molar-refractivity contribution >= 4 is 11.9 Å². The Morgan fingerprint density at radius 1 is 1.00 bits per heavy atom. The Morgan fingerprint density at radius 2 is 1.69 bits per heavy atom. The number of esters is 1. The highest BCUT2D eigenvalue weighted by Gasteiger charge is 2.19. The third kappa shape index (κ3) is 5.92. The molecule has 0 aliphatic rings. The molecular formula is C21H25NO4. The van der Waals surface area contributed by atoms with Crippen LogP contribution >= 0.6 is 0 Å². The number of benzene rings is 2. The molecule has 0 saturated heterocycles. The van der Waals surface area contributed by atoms with Crippen LogP contribution in [0.4, 0.5) is 0 Å². The first kappa shape index (κ1) is 19.5. The molecule has 5 heteroatoms. The zero-order valence-corrected chi connectivity index (χ0v) is 15.5. The summed E-state index contributed by atoms with van der Waals surface area (Å²) in [5.74, 6) is 1.15. The summed E-state index contributed by atoms with van der Waals surface area (Å²) in [6.45, 7) is 4.97. The van der Waals surface area contributed by atoms with Gasteiger partial charge in [-0.1, -0.05) is 38.1 Å². The van der Waals surface area contributed by atoms with Gasteiger partial charge in [-0.15, -0.1) is 0 Å². The van der Waals surface area contributed by atoms with Gasteiger partial charge in [-0.05, 0) is 36.2 Å². The number of ether oxygens (including phenoxy) is 2. The number of amides is 1. The molecule has 138 valence electrons. The average molecular weight is 355 g/mol. The number of nitrogens with zero attached hydrogens (tertiary/aromatic N) is 1. The quantitative estimate of drug-likeness (QED) is 0.668. The van der Waals surface area contributed by atoms with Crippen LogP contribution in [0.3, 0.4) is 0 Å². The first-order chi connectivity index (χ1) is 12.5. The summed E-state index contributed by atoms with van der Waals surface area (Å²) >= 11 is 0. The summed E-state index contributed by atoms with van der Waals surface area (Å²) in [4.78, 5) is 26.0. The van der Waals surface area contributed by atoms with Crippen molar-refractivity contribution in [2.24, 2.45) is 5.92 Å². The zero-order chi connectivity index (χ0) is 18.9. The maximum absolute atomic E-state index is 12.9. The highest BCUT2D eigenvalue weighted by atomic mass is 16.5. The van der Waals surface area contributed by atoms with Gasteiger partial charge in [0, 0.05) is 18.7 Å². The summed E-state index contributed by atoms with van der Waals surface area (Å²) in [5, 5.41) is 0. The number of methoxy groups -OCH3 is 1. The van der Waals surface area contributed by atoms with E-state index in [1.165, 1.54) is 7.11 Å². The van der Waals surface area contributed by atoms with E-state index in [1.54, 1.807) is 23.1 Å². The van der Waals surface area contributed by atoms with E-state index in [4.69, 9.17) is 4.74 Å². The highest BCUT2D eigenvalue weighted by Crippen LogP contribution is 2.22. The van der Waals surface area contributed by atoms with Crippen LogP contribution in [0.25, 0.3) is 0 Å². The second-order valence-electron chi connectivity index (χ2n) is 6.41. The third-order valence-corrected chi connectivity index (χ3v) is 3.75. The molecule has 0 atom stereocenters. The van der Waals surface area contributed by atoms with Crippen molar-refractivity contribution in [2.75, 3.05) is 20.2 Å². The normalized spacial score (nSPS) is 10.5. The van der Waals surface area contributed by atoms with Crippen molar-refractivity contribution < 1.29 is 19.1 Å². The molecule has 1 amide bonds. The van der Waals surface area contributed by atoms with Gasteiger partial charge in [0.2, 0.25) is 0 Å². The monoisotopic (exact) mass is 355 g/mol. The molecule has 0 unspecified atom stereocenters. The summed E-state index contributed by atoms with van der Waals surface area (Å²) in [6, 6.07) is 16.5. The molecule has 0 radical (unpaired) electrons. The SMILES string of the molecule is COC(=O)CCN(CC(C)C)C(=O)c1cccc(Oc2ccccc2)c1. The Labute approximate surface area is 154 Å². The first-order valence-corrected chi connectivity index (χ1v) is 8.68. The minimum absolute atomic E-state index is 0.124. The fourth-order valence-corrected chi connectivity index (χ4v) is 2.54. The minimum atomic E-state index is -0.326. The van der Waals surface area contributed by atoms with E-state index < -0.39 is 0 Å². The first-order valence-electron chi connectivity index (χ1n) is 8.68. The predicted molar refractivity (Wildman–Crippen MR) is 100 cm³/mol. The lowest BCUT2D eigenvalue weighted by Crippen LogP contribution is -2.36. The van der Waals surface area contributed by atoms with E-state index in [2.05, 4.69) is 4.74 Å². The summed E-state index contributed by atoms with van der Waals surface area (Å²) in [5.41, 5.74) is 0.531. The lowest BCUT2D eigenvalue weighted by molar-refractivity contribution is -0.140. The second-order valence-corrected chi connectivity index (χ2v) is 6.41. The molecule has 0 aliphatic carbocycles. The third-order valence-electron chi connectivity index (χ3n) is 3.75. The molecule has 0 aromatic heterocycles. The van der Waals surface area contributed by atoms with Crippen molar-refractivity contribution in [3.8, 4) is 11.5 Å². The average Bonchev–Trinajstić information content (AvgIpc) is 2.65. The van der Waals surface area contributed by atoms with Gasteiger partial charge in [0.15, 0.2) is 0 Å². The van der Waals surface area contributed by atoms with Crippen LogP contribution in [0.1, 0.15) is 30.6 Å². The molecule has 0 fully saturated rings. The lowest BCUT2D eigenvalue weighted by atomic mass is 10.1. The van der Waals surface area contributed by atoms with Crippen molar-refractivity contribution in [2.45, 2.75) is 20.3 Å². The van der Waals surface area contributed by atoms with E-state index in [1.807, 2.05) is 50.2 Å². The van der Waals surface area contributed by atoms with Crippen LogP contribution in [0, 0.1) is 5.92 Å². The van der Waals surface area contributed by atoms with Gasteiger partial charge in [0.1, 0.15) is 11.5 Å². The Hall–Kier alpha value is -2.82. The maximum Gasteiger partial charge on any atom is 0.307 e. The molecule has 0 bridgehead atoms. The van der Waals surface area contributed by atoms with Gasteiger partial charge in [-0.25, -0.2) is 0 Å². The maximum atomic E-state index is 12.9. The Balaban J connectivity index is 2.13. The van der Waals surface area contributed by atoms with Gasteiger partial charge in [-0.3, -0.25) is 9.59 Å². The lowest BCUT2D eigenvalue weighted by Gasteiger charge is -2.24. The van der Waals surface area contributed by atoms with E-state index in [9.17, 15) is 9.59 Å². The van der Waals surface area contributed by atoms with Crippen LogP contribution in [0.2, 0.25) is 0 Å². The number of carbonyl (C=O) groups excluding carboxylic acids is 2. The molecule has 0 aliphatic heterocycles. The largest absolute Gasteiger partial charge is 0.469 e. The molecule has 0 spiro atoms. The van der Waals surface area contributed by atoms with Gasteiger partial charge < -0.3 is 14.4 Å². The molecule has 0 heterocycles. The number of hydrogen-bond acceptors (Lipinski definition) is 4. The summed E-state index contributed by atoms with van der Waals surface area (Å²) in [6.07, 6.45) is 0.176. The number of para-hydroxylation sites is 1. The molecule has 0 saturated carbocycles. The fourth-order valence-electron chi connectivity index (χ4n) is 2.54. The van der Waals surface area contributed by atoms with Gasteiger partial charge >= 0.3 is 5.97 Å². The molecule has 2 rings (SSSR count). The van der Waals surface area contributed by atoms with Gasteiger partial charge in [0.25, 0.3) is 5.91 Å². The molecule has 0 N–H and O–H groups in total. The van der Waals surface area contributed by atoms with Gasteiger partial charge in [-0.2, -0.15) is 0 Å². The van der Waals surface area contributed by atoms with Crippen molar-refractivity contribution in [1.29, 1.82) is 0 Å². The summed E-state index contributed by atoms with van der Waals surface area (Å²) < 4.78 is 10.5. The van der Waals surface area contributed by atoms with E-state index in [0.29, 0.717) is 36.1 Å². The van der Waals surface area contributed by atoms with Crippen LogP contribution in [0.15, 0.2) is 54.6 Å². The smallest absolute Gasteiger partial charge is 0.307 e. The summed E-state index contributed by atoms with van der Waals surface area (Å²) in [7, 11) is 1.35. The van der Waals surface area contributed by atoms with E-state index >= 15 is 0 Å². The number of carbonyl (C=O) groups is 2. The zero-order valence-electron chi connectivity index (χ0n) is 15.5. The molecule has 2 aromatic carbocycles. The Bertz CT molecular complexity index is 728. The minimum Gasteiger partial charge on any atom is -0.469 e. The molecular weight excluding hydrogens is 330 g/mol. The second kappa shape index (κ2) is 9.61. The number of hydrogen-bond donors (Lipinski definition) is 0. The van der Waals surface area contributed by atoms with Crippen molar-refractivity contribution in [3.05, 3.63) is 60.2 Å². The Morgan fingerprint density at radius 3 is 2.35 bits per heavy atom. The van der Waals surface area contributed by atoms with E-state index in [-0.39, 0.29) is 18.3 Å². The fraction of sp³-hybridized carbons (Fsp3) is 0.333.